The predicted octanol–water partition coefficient (Wildman–Crippen LogP) is 1.16. The first-order valence-electron chi connectivity index (χ1n) is 5.73. The molecule has 1 saturated carbocycles. The minimum atomic E-state index is -0.169. The molecule has 14 heavy (non-hydrogen) atoms. The maximum Gasteiger partial charge on any atom is 0.222 e. The summed E-state index contributed by atoms with van der Waals surface area (Å²) in [7, 11) is 0. The Balaban J connectivity index is 1.86. The van der Waals surface area contributed by atoms with Crippen LogP contribution in [0.25, 0.3) is 0 Å². The van der Waals surface area contributed by atoms with E-state index in [1.807, 2.05) is 4.90 Å². The van der Waals surface area contributed by atoms with E-state index in [0.717, 1.165) is 38.8 Å². The van der Waals surface area contributed by atoms with Crippen LogP contribution in [-0.2, 0) is 4.79 Å². The Kier molecular flexibility index (Phi) is 3.06. The van der Waals surface area contributed by atoms with Crippen molar-refractivity contribution in [2.45, 2.75) is 44.6 Å². The second-order valence-electron chi connectivity index (χ2n) is 4.56. The maximum absolute atomic E-state index is 11.4. The van der Waals surface area contributed by atoms with Crippen LogP contribution in [0.3, 0.4) is 0 Å². The fourth-order valence-corrected chi connectivity index (χ4v) is 2.58. The molecule has 1 heterocycles. The zero-order chi connectivity index (χ0) is 9.97. The molecular weight excluding hydrogens is 178 g/mol. The first kappa shape index (κ1) is 9.97. The Bertz CT molecular complexity index is 217. The highest BCUT2D eigenvalue weighted by molar-refractivity contribution is 5.78. The van der Waals surface area contributed by atoms with Gasteiger partial charge < -0.3 is 10.0 Å². The lowest BCUT2D eigenvalue weighted by Crippen LogP contribution is -2.37. The lowest BCUT2D eigenvalue weighted by Gasteiger charge is -2.31. The van der Waals surface area contributed by atoms with Crippen molar-refractivity contribution in [3.63, 3.8) is 0 Å². The Morgan fingerprint density at radius 1 is 1.29 bits per heavy atom. The minimum Gasteiger partial charge on any atom is -0.393 e. The SMILES string of the molecule is O=C1CCCN1CC1CCCCC1O. The average molecular weight is 197 g/mol. The van der Waals surface area contributed by atoms with Gasteiger partial charge in [0.15, 0.2) is 0 Å². The summed E-state index contributed by atoms with van der Waals surface area (Å²) in [6.45, 7) is 1.70. The fourth-order valence-electron chi connectivity index (χ4n) is 2.58. The number of hydrogen-bond acceptors (Lipinski definition) is 2. The number of aliphatic hydroxyl groups is 1. The summed E-state index contributed by atoms with van der Waals surface area (Å²) in [6.07, 6.45) is 5.91. The molecule has 2 atom stereocenters. The third-order valence-corrected chi connectivity index (χ3v) is 3.50. The molecule has 2 fully saturated rings. The highest BCUT2D eigenvalue weighted by Crippen LogP contribution is 2.26. The van der Waals surface area contributed by atoms with Gasteiger partial charge in [0, 0.05) is 25.4 Å². The van der Waals surface area contributed by atoms with Crippen LogP contribution < -0.4 is 0 Å². The number of amides is 1. The van der Waals surface area contributed by atoms with E-state index in [-0.39, 0.29) is 12.0 Å². The van der Waals surface area contributed by atoms with Gasteiger partial charge in [0.25, 0.3) is 0 Å². The molecule has 0 aromatic rings. The quantitative estimate of drug-likeness (QED) is 0.721. The molecule has 0 radical (unpaired) electrons. The van der Waals surface area contributed by atoms with E-state index in [4.69, 9.17) is 0 Å². The van der Waals surface area contributed by atoms with Crippen LogP contribution in [0.1, 0.15) is 38.5 Å². The van der Waals surface area contributed by atoms with E-state index in [1.165, 1.54) is 6.42 Å². The summed E-state index contributed by atoms with van der Waals surface area (Å²) >= 11 is 0. The van der Waals surface area contributed by atoms with Gasteiger partial charge in [-0.2, -0.15) is 0 Å². The first-order chi connectivity index (χ1) is 6.77. The number of rotatable bonds is 2. The molecule has 3 nitrogen and oxygen atoms in total. The third-order valence-electron chi connectivity index (χ3n) is 3.50. The van der Waals surface area contributed by atoms with Gasteiger partial charge in [-0.25, -0.2) is 0 Å². The highest BCUT2D eigenvalue weighted by Gasteiger charge is 2.28. The Morgan fingerprint density at radius 3 is 2.71 bits per heavy atom. The fraction of sp³-hybridized carbons (Fsp3) is 0.909. The van der Waals surface area contributed by atoms with Crippen molar-refractivity contribution >= 4 is 5.91 Å². The van der Waals surface area contributed by atoms with E-state index in [1.54, 1.807) is 0 Å². The topological polar surface area (TPSA) is 40.5 Å². The summed E-state index contributed by atoms with van der Waals surface area (Å²) in [6, 6.07) is 0. The first-order valence-corrected chi connectivity index (χ1v) is 5.73. The number of carbonyl (C=O) groups is 1. The molecule has 2 rings (SSSR count). The van der Waals surface area contributed by atoms with Crippen LogP contribution in [0.4, 0.5) is 0 Å². The molecule has 1 saturated heterocycles. The van der Waals surface area contributed by atoms with Crippen molar-refractivity contribution in [3.8, 4) is 0 Å². The van der Waals surface area contributed by atoms with E-state index in [0.29, 0.717) is 12.3 Å². The smallest absolute Gasteiger partial charge is 0.222 e. The Morgan fingerprint density at radius 2 is 2.07 bits per heavy atom. The van der Waals surface area contributed by atoms with Crippen molar-refractivity contribution in [1.29, 1.82) is 0 Å². The molecular formula is C11H19NO2. The monoisotopic (exact) mass is 197 g/mol. The maximum atomic E-state index is 11.4. The van der Waals surface area contributed by atoms with Crippen molar-refractivity contribution in [2.24, 2.45) is 5.92 Å². The van der Waals surface area contributed by atoms with Crippen LogP contribution in [0.5, 0.6) is 0 Å². The van der Waals surface area contributed by atoms with Crippen molar-refractivity contribution < 1.29 is 9.90 Å². The Hall–Kier alpha value is -0.570. The van der Waals surface area contributed by atoms with Crippen molar-refractivity contribution in [1.82, 2.24) is 4.90 Å². The summed E-state index contributed by atoms with van der Waals surface area (Å²) in [5, 5.41) is 9.78. The van der Waals surface area contributed by atoms with Gasteiger partial charge in [0.1, 0.15) is 0 Å². The van der Waals surface area contributed by atoms with Gasteiger partial charge in [-0.1, -0.05) is 12.8 Å². The molecule has 3 heteroatoms. The van der Waals surface area contributed by atoms with Crippen LogP contribution in [0, 0.1) is 5.92 Å². The second kappa shape index (κ2) is 4.30. The molecule has 0 aromatic carbocycles. The molecule has 0 aromatic heterocycles. The molecule has 2 aliphatic rings. The van der Waals surface area contributed by atoms with E-state index >= 15 is 0 Å². The van der Waals surface area contributed by atoms with Crippen molar-refractivity contribution in [2.75, 3.05) is 13.1 Å². The summed E-state index contributed by atoms with van der Waals surface area (Å²) in [4.78, 5) is 13.3. The van der Waals surface area contributed by atoms with Gasteiger partial charge in [-0.3, -0.25) is 4.79 Å². The molecule has 80 valence electrons. The molecule has 1 aliphatic heterocycles. The standard InChI is InChI=1S/C11H19NO2/c13-10-5-2-1-4-9(10)8-12-7-3-6-11(12)14/h9-10,13H,1-8H2. The second-order valence-corrected chi connectivity index (χ2v) is 4.56. The highest BCUT2D eigenvalue weighted by atomic mass is 16.3. The number of aliphatic hydroxyl groups excluding tert-OH is 1. The third kappa shape index (κ3) is 2.08. The molecule has 1 amide bonds. The van der Waals surface area contributed by atoms with E-state index in [2.05, 4.69) is 0 Å². The normalized spacial score (nSPS) is 33.8. The van der Waals surface area contributed by atoms with Crippen molar-refractivity contribution in [3.05, 3.63) is 0 Å². The lowest BCUT2D eigenvalue weighted by atomic mass is 9.86. The zero-order valence-electron chi connectivity index (χ0n) is 8.61. The van der Waals surface area contributed by atoms with Crippen LogP contribution in [-0.4, -0.2) is 35.1 Å². The zero-order valence-corrected chi connectivity index (χ0v) is 8.61. The van der Waals surface area contributed by atoms with E-state index < -0.39 is 0 Å². The number of nitrogens with zero attached hydrogens (tertiary/aromatic N) is 1. The van der Waals surface area contributed by atoms with Gasteiger partial charge in [-0.05, 0) is 19.3 Å². The molecule has 1 N–H and O–H groups in total. The molecule has 1 aliphatic carbocycles. The summed E-state index contributed by atoms with van der Waals surface area (Å²) in [5.41, 5.74) is 0. The van der Waals surface area contributed by atoms with Crippen LogP contribution in [0.15, 0.2) is 0 Å². The largest absolute Gasteiger partial charge is 0.393 e. The lowest BCUT2D eigenvalue weighted by molar-refractivity contribution is -0.128. The molecule has 0 spiro atoms. The van der Waals surface area contributed by atoms with Gasteiger partial charge in [-0.15, -0.1) is 0 Å². The number of hydrogen-bond donors (Lipinski definition) is 1. The number of carbonyl (C=O) groups excluding carboxylic acids is 1. The van der Waals surface area contributed by atoms with Gasteiger partial charge in [0.05, 0.1) is 6.10 Å². The Labute approximate surface area is 85.1 Å². The molecule has 2 unspecified atom stereocenters. The molecule has 0 bridgehead atoms. The minimum absolute atomic E-state index is 0.169. The van der Waals surface area contributed by atoms with Gasteiger partial charge in [0.2, 0.25) is 5.91 Å². The van der Waals surface area contributed by atoms with Crippen LogP contribution in [0.2, 0.25) is 0 Å². The van der Waals surface area contributed by atoms with Gasteiger partial charge >= 0.3 is 0 Å². The number of likely N-dealkylation sites (tertiary alicyclic amines) is 1. The van der Waals surface area contributed by atoms with E-state index in [9.17, 15) is 9.90 Å². The summed E-state index contributed by atoms with van der Waals surface area (Å²) < 4.78 is 0. The summed E-state index contributed by atoms with van der Waals surface area (Å²) in [5.74, 6) is 0.619. The average Bonchev–Trinajstić information content (AvgIpc) is 2.56. The predicted molar refractivity (Wildman–Crippen MR) is 53.8 cm³/mol. The van der Waals surface area contributed by atoms with Crippen LogP contribution >= 0.6 is 0 Å².